The summed E-state index contributed by atoms with van der Waals surface area (Å²) in [5.74, 6) is -0.0239. The fraction of sp³-hybridized carbons (Fsp3) is 0.409. The Labute approximate surface area is 177 Å². The lowest BCUT2D eigenvalue weighted by atomic mass is 9.76. The van der Waals surface area contributed by atoms with Crippen LogP contribution in [0.2, 0.25) is 0 Å². The molecule has 3 atom stereocenters. The Morgan fingerprint density at radius 3 is 2.39 bits per heavy atom. The van der Waals surface area contributed by atoms with Crippen LogP contribution in [0.4, 0.5) is 19.0 Å². The van der Waals surface area contributed by atoms with E-state index in [9.17, 15) is 23.4 Å². The van der Waals surface area contributed by atoms with Crippen LogP contribution in [-0.2, 0) is 6.18 Å². The van der Waals surface area contributed by atoms with Gasteiger partial charge in [-0.2, -0.15) is 13.2 Å². The zero-order valence-electron chi connectivity index (χ0n) is 17.4. The molecule has 2 N–H and O–H groups in total. The quantitative estimate of drug-likeness (QED) is 0.630. The summed E-state index contributed by atoms with van der Waals surface area (Å²) in [5, 5.41) is 30.2. The molecule has 3 heterocycles. The van der Waals surface area contributed by atoms with Gasteiger partial charge in [0, 0.05) is 42.1 Å². The summed E-state index contributed by atoms with van der Waals surface area (Å²) in [6.45, 7) is 6.89. The number of halogens is 3. The molecule has 0 spiro atoms. The molecule has 1 fully saturated rings. The monoisotopic (exact) mass is 432 g/mol. The summed E-state index contributed by atoms with van der Waals surface area (Å²) in [7, 11) is 0. The van der Waals surface area contributed by atoms with Gasteiger partial charge in [0.25, 0.3) is 0 Å². The van der Waals surface area contributed by atoms with Gasteiger partial charge < -0.3 is 15.1 Å². The minimum Gasteiger partial charge on any atom is -0.507 e. The van der Waals surface area contributed by atoms with E-state index in [0.717, 1.165) is 6.07 Å². The average Bonchev–Trinajstić information content (AvgIpc) is 2.71. The van der Waals surface area contributed by atoms with Crippen molar-refractivity contribution in [2.24, 2.45) is 11.8 Å². The second kappa shape index (κ2) is 7.33. The van der Waals surface area contributed by atoms with Crippen molar-refractivity contribution in [3.05, 3.63) is 42.1 Å². The molecule has 3 aromatic rings. The number of pyridine rings is 1. The molecule has 9 heteroatoms. The molecule has 0 radical (unpaired) electrons. The molecule has 31 heavy (non-hydrogen) atoms. The van der Waals surface area contributed by atoms with E-state index in [0.29, 0.717) is 35.9 Å². The predicted molar refractivity (Wildman–Crippen MR) is 111 cm³/mol. The molecule has 1 aromatic carbocycles. The van der Waals surface area contributed by atoms with Gasteiger partial charge in [0.15, 0.2) is 5.82 Å². The normalized spacial score (nSPS) is 24.5. The third-order valence-electron chi connectivity index (χ3n) is 6.38. The third kappa shape index (κ3) is 3.67. The van der Waals surface area contributed by atoms with Crippen molar-refractivity contribution in [2.75, 3.05) is 18.0 Å². The van der Waals surface area contributed by atoms with E-state index in [2.05, 4.69) is 15.2 Å². The molecule has 4 rings (SSSR count). The first-order valence-electron chi connectivity index (χ1n) is 9.99. The van der Waals surface area contributed by atoms with Gasteiger partial charge in [0.2, 0.25) is 0 Å². The maximum atomic E-state index is 13.0. The molecule has 0 bridgehead atoms. The Morgan fingerprint density at radius 1 is 1.10 bits per heavy atom. The maximum absolute atomic E-state index is 13.0. The van der Waals surface area contributed by atoms with Crippen LogP contribution in [0.15, 0.2) is 36.5 Å². The van der Waals surface area contributed by atoms with Gasteiger partial charge in [-0.25, -0.2) is 0 Å². The van der Waals surface area contributed by atoms with Crippen LogP contribution in [-0.4, -0.2) is 44.1 Å². The zero-order chi connectivity index (χ0) is 22.6. The second-order valence-corrected chi connectivity index (χ2v) is 8.43. The number of hydrogen-bond acceptors (Lipinski definition) is 6. The number of benzene rings is 1. The molecular weight excluding hydrogens is 409 g/mol. The van der Waals surface area contributed by atoms with E-state index in [1.165, 1.54) is 6.07 Å². The van der Waals surface area contributed by atoms with Crippen LogP contribution in [0.1, 0.15) is 26.3 Å². The summed E-state index contributed by atoms with van der Waals surface area (Å²) < 4.78 is 38.9. The summed E-state index contributed by atoms with van der Waals surface area (Å²) in [6, 6.07) is 6.23. The molecule has 1 aliphatic rings. The van der Waals surface area contributed by atoms with Crippen molar-refractivity contribution in [1.82, 2.24) is 15.2 Å². The minimum atomic E-state index is -4.56. The Kier molecular flexibility index (Phi) is 5.04. The van der Waals surface area contributed by atoms with Crippen LogP contribution in [0.25, 0.3) is 22.2 Å². The first-order valence-corrected chi connectivity index (χ1v) is 9.99. The van der Waals surface area contributed by atoms with Crippen LogP contribution < -0.4 is 4.90 Å². The number of rotatable bonds is 2. The van der Waals surface area contributed by atoms with E-state index >= 15 is 0 Å². The second-order valence-electron chi connectivity index (χ2n) is 8.43. The lowest BCUT2D eigenvalue weighted by molar-refractivity contribution is -0.137. The number of alkyl halides is 3. The SMILES string of the molecule is C[C@@H]1CN(c2nnc(-c3ccc(C(F)(F)F)cc3O)c3cccnc23)C[C@H](C)[C@]1(C)O. The number of aliphatic hydroxyl groups is 1. The van der Waals surface area contributed by atoms with Crippen molar-refractivity contribution in [1.29, 1.82) is 0 Å². The predicted octanol–water partition coefficient (Wildman–Crippen LogP) is 4.26. The number of aromatic nitrogens is 3. The van der Waals surface area contributed by atoms with Gasteiger partial charge in [0.1, 0.15) is 17.0 Å². The summed E-state index contributed by atoms with van der Waals surface area (Å²) >= 11 is 0. The number of hydrogen-bond donors (Lipinski definition) is 2. The molecule has 2 aromatic heterocycles. The highest BCUT2D eigenvalue weighted by Crippen LogP contribution is 2.40. The standard InChI is InChI=1S/C22H23F3N4O2/c1-12-10-29(11-13(2)21(12,3)31)20-19-16(5-4-8-26-19)18(27-28-20)15-7-6-14(9-17(15)30)22(23,24)25/h4-9,12-13,30-31H,10-11H2,1-3H3/t12-,13+,21-. The van der Waals surface area contributed by atoms with Crippen LogP contribution in [0.5, 0.6) is 5.75 Å². The third-order valence-corrected chi connectivity index (χ3v) is 6.38. The number of anilines is 1. The van der Waals surface area contributed by atoms with E-state index < -0.39 is 23.1 Å². The van der Waals surface area contributed by atoms with E-state index in [1.807, 2.05) is 25.7 Å². The summed E-state index contributed by atoms with van der Waals surface area (Å²) in [5.41, 5.74) is -0.813. The Bertz CT molecular complexity index is 1120. The molecule has 0 amide bonds. The van der Waals surface area contributed by atoms with Crippen LogP contribution >= 0.6 is 0 Å². The van der Waals surface area contributed by atoms with Crippen molar-refractivity contribution in [3.8, 4) is 17.0 Å². The smallest absolute Gasteiger partial charge is 0.416 e. The number of aromatic hydroxyl groups is 1. The zero-order valence-corrected chi connectivity index (χ0v) is 17.4. The van der Waals surface area contributed by atoms with E-state index in [-0.39, 0.29) is 23.1 Å². The van der Waals surface area contributed by atoms with Crippen molar-refractivity contribution in [2.45, 2.75) is 32.5 Å². The van der Waals surface area contributed by atoms with Crippen LogP contribution in [0.3, 0.4) is 0 Å². The summed E-state index contributed by atoms with van der Waals surface area (Å²) in [6.07, 6.45) is -2.95. The highest BCUT2D eigenvalue weighted by molar-refractivity contribution is 5.98. The molecular formula is C22H23F3N4O2. The topological polar surface area (TPSA) is 82.4 Å². The van der Waals surface area contributed by atoms with Gasteiger partial charge in [-0.15, -0.1) is 10.2 Å². The molecule has 0 saturated carbocycles. The number of fused-ring (bicyclic) bond motifs is 1. The first kappa shape index (κ1) is 21.3. The Morgan fingerprint density at radius 2 is 1.77 bits per heavy atom. The van der Waals surface area contributed by atoms with Gasteiger partial charge in [0.05, 0.1) is 11.2 Å². The first-order chi connectivity index (χ1) is 14.5. The van der Waals surface area contributed by atoms with E-state index in [4.69, 9.17) is 0 Å². The minimum absolute atomic E-state index is 0.0181. The van der Waals surface area contributed by atoms with Gasteiger partial charge in [-0.05, 0) is 37.3 Å². The molecule has 1 aliphatic heterocycles. The molecule has 6 nitrogen and oxygen atoms in total. The number of piperidine rings is 1. The highest BCUT2D eigenvalue weighted by Gasteiger charge is 2.41. The van der Waals surface area contributed by atoms with Gasteiger partial charge in [-0.1, -0.05) is 13.8 Å². The lowest BCUT2D eigenvalue weighted by Gasteiger charge is -2.46. The Hall–Kier alpha value is -2.94. The van der Waals surface area contributed by atoms with Crippen LogP contribution in [0, 0.1) is 11.8 Å². The number of nitrogens with zero attached hydrogens (tertiary/aromatic N) is 4. The average molecular weight is 432 g/mol. The molecule has 164 valence electrons. The highest BCUT2D eigenvalue weighted by atomic mass is 19.4. The van der Waals surface area contributed by atoms with Crippen molar-refractivity contribution < 1.29 is 23.4 Å². The number of phenols is 1. The van der Waals surface area contributed by atoms with Gasteiger partial charge >= 0.3 is 6.18 Å². The fourth-order valence-electron chi connectivity index (χ4n) is 4.06. The molecule has 0 aliphatic carbocycles. The summed E-state index contributed by atoms with van der Waals surface area (Å²) in [4.78, 5) is 6.47. The van der Waals surface area contributed by atoms with Crippen molar-refractivity contribution in [3.63, 3.8) is 0 Å². The lowest BCUT2D eigenvalue weighted by Crippen LogP contribution is -2.55. The van der Waals surface area contributed by atoms with Crippen molar-refractivity contribution >= 4 is 16.7 Å². The Balaban J connectivity index is 1.80. The fourth-order valence-corrected chi connectivity index (χ4v) is 4.06. The molecule has 1 saturated heterocycles. The van der Waals surface area contributed by atoms with E-state index in [1.54, 1.807) is 18.3 Å². The number of phenolic OH excluding ortho intramolecular Hbond substituents is 1. The molecule has 0 unspecified atom stereocenters. The largest absolute Gasteiger partial charge is 0.507 e. The maximum Gasteiger partial charge on any atom is 0.416 e. The van der Waals surface area contributed by atoms with Gasteiger partial charge in [-0.3, -0.25) is 4.98 Å².